The Labute approximate surface area is 111 Å². The molecule has 2 aromatic rings. The number of nitrogens with zero attached hydrogens (tertiary/aromatic N) is 2. The summed E-state index contributed by atoms with van der Waals surface area (Å²) in [5.41, 5.74) is 2.65. The van der Waals surface area contributed by atoms with Crippen molar-refractivity contribution < 1.29 is 0 Å². The maximum absolute atomic E-state index is 4.25. The lowest BCUT2D eigenvalue weighted by Gasteiger charge is -2.04. The summed E-state index contributed by atoms with van der Waals surface area (Å²) in [4.78, 5) is 11.5. The number of hydrogen-bond acceptors (Lipinski definition) is 4. The molecule has 94 valence electrons. The third-order valence-electron chi connectivity index (χ3n) is 3.33. The van der Waals surface area contributed by atoms with Gasteiger partial charge < -0.3 is 5.32 Å². The normalized spacial score (nSPS) is 13.6. The molecule has 1 aliphatic carbocycles. The van der Waals surface area contributed by atoms with Gasteiger partial charge in [0.1, 0.15) is 12.1 Å². The van der Waals surface area contributed by atoms with Gasteiger partial charge in [-0.15, -0.1) is 11.3 Å². The average molecular weight is 259 g/mol. The number of rotatable bonds is 4. The topological polar surface area (TPSA) is 37.8 Å². The van der Waals surface area contributed by atoms with Crippen LogP contribution >= 0.6 is 11.3 Å². The van der Waals surface area contributed by atoms with E-state index in [1.54, 1.807) is 16.8 Å². The third kappa shape index (κ3) is 2.38. The molecule has 1 aliphatic rings. The number of aryl methyl sites for hydroxylation is 3. The van der Waals surface area contributed by atoms with Gasteiger partial charge in [-0.05, 0) is 37.3 Å². The largest absolute Gasteiger partial charge is 0.365 e. The molecule has 0 saturated heterocycles. The van der Waals surface area contributed by atoms with Gasteiger partial charge in [0.15, 0.2) is 0 Å². The van der Waals surface area contributed by atoms with Gasteiger partial charge in [-0.1, -0.05) is 6.92 Å². The van der Waals surface area contributed by atoms with Crippen LogP contribution in [0.5, 0.6) is 0 Å². The van der Waals surface area contributed by atoms with Gasteiger partial charge in [0.05, 0.1) is 6.54 Å². The lowest BCUT2D eigenvalue weighted by Crippen LogP contribution is -2.01. The summed E-state index contributed by atoms with van der Waals surface area (Å²) >= 11 is 1.95. The van der Waals surface area contributed by atoms with Crippen LogP contribution in [0.4, 0.5) is 5.82 Å². The summed E-state index contributed by atoms with van der Waals surface area (Å²) in [6.07, 6.45) is 6.45. The second-order valence-corrected chi connectivity index (χ2v) is 5.84. The van der Waals surface area contributed by atoms with E-state index < -0.39 is 0 Å². The quantitative estimate of drug-likeness (QED) is 0.916. The summed E-state index contributed by atoms with van der Waals surface area (Å²) in [6, 6.07) is 4.38. The summed E-state index contributed by atoms with van der Waals surface area (Å²) in [5.74, 6) is 0.926. The predicted molar refractivity (Wildman–Crippen MR) is 75.1 cm³/mol. The zero-order chi connectivity index (χ0) is 12.4. The van der Waals surface area contributed by atoms with Crippen LogP contribution in [0.2, 0.25) is 0 Å². The molecule has 0 saturated carbocycles. The van der Waals surface area contributed by atoms with E-state index in [4.69, 9.17) is 0 Å². The second-order valence-electron chi connectivity index (χ2n) is 4.62. The first-order valence-electron chi connectivity index (χ1n) is 6.50. The highest BCUT2D eigenvalue weighted by molar-refractivity contribution is 7.12. The lowest BCUT2D eigenvalue weighted by molar-refractivity contribution is 0.913. The molecule has 0 atom stereocenters. The van der Waals surface area contributed by atoms with E-state index >= 15 is 0 Å². The van der Waals surface area contributed by atoms with Gasteiger partial charge in [0.25, 0.3) is 0 Å². The molecule has 3 rings (SSSR count). The molecule has 0 fully saturated rings. The van der Waals surface area contributed by atoms with E-state index in [0.717, 1.165) is 24.5 Å². The number of anilines is 1. The minimum atomic E-state index is 0.873. The van der Waals surface area contributed by atoms with Gasteiger partial charge in [0.2, 0.25) is 0 Å². The fourth-order valence-corrected chi connectivity index (χ4v) is 3.54. The van der Waals surface area contributed by atoms with Crippen LogP contribution in [0.25, 0.3) is 0 Å². The molecule has 2 heterocycles. The van der Waals surface area contributed by atoms with Gasteiger partial charge in [0, 0.05) is 21.5 Å². The molecular weight excluding hydrogens is 242 g/mol. The zero-order valence-electron chi connectivity index (χ0n) is 10.6. The molecule has 0 spiro atoms. The highest BCUT2D eigenvalue weighted by atomic mass is 32.1. The van der Waals surface area contributed by atoms with Crippen LogP contribution < -0.4 is 5.32 Å². The highest BCUT2D eigenvalue weighted by Crippen LogP contribution is 2.30. The average Bonchev–Trinajstić information content (AvgIpc) is 2.97. The van der Waals surface area contributed by atoms with Crippen LogP contribution in [0, 0.1) is 0 Å². The molecular formula is C14H17N3S. The summed E-state index contributed by atoms with van der Waals surface area (Å²) in [6.45, 7) is 2.98. The molecule has 0 bridgehead atoms. The first-order valence-corrected chi connectivity index (χ1v) is 7.32. The maximum atomic E-state index is 4.25. The Balaban J connectivity index is 1.66. The molecule has 2 aromatic heterocycles. The first kappa shape index (κ1) is 11.7. The summed E-state index contributed by atoms with van der Waals surface area (Å²) in [7, 11) is 0. The molecule has 18 heavy (non-hydrogen) atoms. The Hall–Kier alpha value is -1.42. The summed E-state index contributed by atoms with van der Waals surface area (Å²) in [5, 5.41) is 3.38. The smallest absolute Gasteiger partial charge is 0.129 e. The molecule has 0 aromatic carbocycles. The highest BCUT2D eigenvalue weighted by Gasteiger charge is 2.14. The van der Waals surface area contributed by atoms with Crippen molar-refractivity contribution in [3.05, 3.63) is 39.5 Å². The Bertz CT molecular complexity index is 526. The third-order valence-corrected chi connectivity index (χ3v) is 4.56. The minimum Gasteiger partial charge on any atom is -0.365 e. The van der Waals surface area contributed by atoms with Crippen LogP contribution in [0.1, 0.15) is 34.4 Å². The van der Waals surface area contributed by atoms with Crippen molar-refractivity contribution in [3.8, 4) is 0 Å². The van der Waals surface area contributed by atoms with Gasteiger partial charge in [-0.2, -0.15) is 0 Å². The SMILES string of the molecule is CCc1cc(NCc2cc3c(s2)CCC3)ncn1. The van der Waals surface area contributed by atoms with Crippen LogP contribution in [-0.2, 0) is 25.8 Å². The van der Waals surface area contributed by atoms with Crippen molar-refractivity contribution >= 4 is 17.2 Å². The molecule has 1 N–H and O–H groups in total. The zero-order valence-corrected chi connectivity index (χ0v) is 11.4. The lowest BCUT2D eigenvalue weighted by atomic mass is 10.2. The fraction of sp³-hybridized carbons (Fsp3) is 0.429. The van der Waals surface area contributed by atoms with E-state index in [9.17, 15) is 0 Å². The van der Waals surface area contributed by atoms with E-state index in [1.165, 1.54) is 24.1 Å². The van der Waals surface area contributed by atoms with Crippen LogP contribution in [-0.4, -0.2) is 9.97 Å². The molecule has 4 heteroatoms. The molecule has 0 unspecified atom stereocenters. The van der Waals surface area contributed by atoms with E-state index in [1.807, 2.05) is 17.4 Å². The van der Waals surface area contributed by atoms with Gasteiger partial charge >= 0.3 is 0 Å². The van der Waals surface area contributed by atoms with Crippen molar-refractivity contribution in [3.63, 3.8) is 0 Å². The van der Waals surface area contributed by atoms with Crippen molar-refractivity contribution in [2.75, 3.05) is 5.32 Å². The Kier molecular flexibility index (Phi) is 3.28. The molecule has 0 aliphatic heterocycles. The molecule has 0 radical (unpaired) electrons. The fourth-order valence-electron chi connectivity index (χ4n) is 2.34. The van der Waals surface area contributed by atoms with Gasteiger partial charge in [-0.3, -0.25) is 0 Å². The Morgan fingerprint density at radius 2 is 2.22 bits per heavy atom. The van der Waals surface area contributed by atoms with Crippen LogP contribution in [0.15, 0.2) is 18.5 Å². The molecule has 3 nitrogen and oxygen atoms in total. The number of aromatic nitrogens is 2. The number of thiophene rings is 1. The van der Waals surface area contributed by atoms with E-state index in [2.05, 4.69) is 28.3 Å². The van der Waals surface area contributed by atoms with Crippen LogP contribution in [0.3, 0.4) is 0 Å². The Morgan fingerprint density at radius 3 is 3.06 bits per heavy atom. The summed E-state index contributed by atoms with van der Waals surface area (Å²) < 4.78 is 0. The number of nitrogens with one attached hydrogen (secondary N) is 1. The van der Waals surface area contributed by atoms with Crippen molar-refractivity contribution in [1.29, 1.82) is 0 Å². The number of hydrogen-bond donors (Lipinski definition) is 1. The minimum absolute atomic E-state index is 0.873. The standard InChI is InChI=1S/C14H17N3S/c1-2-11-7-14(17-9-16-11)15-8-12-6-10-4-3-5-13(10)18-12/h6-7,9H,2-5,8H2,1H3,(H,15,16,17). The second kappa shape index (κ2) is 5.06. The monoisotopic (exact) mass is 259 g/mol. The first-order chi connectivity index (χ1) is 8.85. The van der Waals surface area contributed by atoms with E-state index in [0.29, 0.717) is 0 Å². The molecule has 0 amide bonds. The maximum Gasteiger partial charge on any atom is 0.129 e. The predicted octanol–water partition coefficient (Wildman–Crippen LogP) is 3.20. The van der Waals surface area contributed by atoms with Gasteiger partial charge in [-0.25, -0.2) is 9.97 Å². The van der Waals surface area contributed by atoms with Crippen molar-refractivity contribution in [2.45, 2.75) is 39.2 Å². The van der Waals surface area contributed by atoms with E-state index in [-0.39, 0.29) is 0 Å². The Morgan fingerprint density at radius 1 is 1.28 bits per heavy atom. The van der Waals surface area contributed by atoms with Crippen molar-refractivity contribution in [1.82, 2.24) is 9.97 Å². The number of fused-ring (bicyclic) bond motifs is 1. The van der Waals surface area contributed by atoms with Crippen molar-refractivity contribution in [2.24, 2.45) is 0 Å².